The van der Waals surface area contributed by atoms with Gasteiger partial charge in [0.05, 0.1) is 0 Å². The molecule has 1 unspecified atom stereocenters. The highest BCUT2D eigenvalue weighted by molar-refractivity contribution is 5.30. The largest absolute Gasteiger partial charge is 0.312 e. The molecule has 3 rings (SSSR count). The molecule has 2 nitrogen and oxygen atoms in total. The van der Waals surface area contributed by atoms with E-state index >= 15 is 0 Å². The average molecular weight is 300 g/mol. The molecule has 2 fully saturated rings. The molecule has 0 spiro atoms. The van der Waals surface area contributed by atoms with Gasteiger partial charge >= 0.3 is 0 Å². The van der Waals surface area contributed by atoms with Crippen LogP contribution in [0.1, 0.15) is 55.2 Å². The van der Waals surface area contributed by atoms with E-state index in [1.807, 2.05) is 0 Å². The molecule has 122 valence electrons. The van der Waals surface area contributed by atoms with Crippen LogP contribution in [-0.4, -0.2) is 30.6 Å². The molecule has 0 radical (unpaired) electrons. The van der Waals surface area contributed by atoms with Crippen LogP contribution in [0.15, 0.2) is 18.2 Å². The van der Waals surface area contributed by atoms with Gasteiger partial charge in [0.1, 0.15) is 0 Å². The van der Waals surface area contributed by atoms with Crippen LogP contribution in [0.25, 0.3) is 0 Å². The Labute approximate surface area is 136 Å². The lowest BCUT2D eigenvalue weighted by molar-refractivity contribution is 0.180. The van der Waals surface area contributed by atoms with Crippen molar-refractivity contribution < 1.29 is 0 Å². The Morgan fingerprint density at radius 3 is 2.68 bits per heavy atom. The number of nitrogens with one attached hydrogen (secondary N) is 1. The van der Waals surface area contributed by atoms with Crippen molar-refractivity contribution in [1.82, 2.24) is 10.2 Å². The van der Waals surface area contributed by atoms with Gasteiger partial charge in [-0.25, -0.2) is 0 Å². The highest BCUT2D eigenvalue weighted by Gasteiger charge is 2.22. The second-order valence-electron chi connectivity index (χ2n) is 7.56. The maximum absolute atomic E-state index is 3.86. The lowest BCUT2D eigenvalue weighted by Crippen LogP contribution is -2.46. The minimum Gasteiger partial charge on any atom is -0.312 e. The zero-order valence-electron chi connectivity index (χ0n) is 14.4. The summed E-state index contributed by atoms with van der Waals surface area (Å²) >= 11 is 0. The van der Waals surface area contributed by atoms with Crippen LogP contribution in [0.4, 0.5) is 0 Å². The Kier molecular flexibility index (Phi) is 5.54. The number of aryl methyl sites for hydroxylation is 2. The van der Waals surface area contributed by atoms with Gasteiger partial charge in [-0.15, -0.1) is 0 Å². The van der Waals surface area contributed by atoms with E-state index in [2.05, 4.69) is 42.3 Å². The zero-order valence-corrected chi connectivity index (χ0v) is 14.4. The van der Waals surface area contributed by atoms with E-state index in [9.17, 15) is 0 Å². The molecule has 1 aromatic carbocycles. The van der Waals surface area contributed by atoms with Crippen LogP contribution < -0.4 is 5.32 Å². The molecule has 0 amide bonds. The molecule has 1 saturated carbocycles. The van der Waals surface area contributed by atoms with Gasteiger partial charge in [-0.2, -0.15) is 0 Å². The zero-order chi connectivity index (χ0) is 15.4. The van der Waals surface area contributed by atoms with Crippen molar-refractivity contribution in [3.05, 3.63) is 34.9 Å². The Morgan fingerprint density at radius 2 is 1.91 bits per heavy atom. The molecule has 2 aliphatic rings. The van der Waals surface area contributed by atoms with Crippen LogP contribution in [0.2, 0.25) is 0 Å². The predicted molar refractivity (Wildman–Crippen MR) is 94.2 cm³/mol. The summed E-state index contributed by atoms with van der Waals surface area (Å²) in [5.41, 5.74) is 4.32. The molecule has 1 aliphatic heterocycles. The third-order valence-electron chi connectivity index (χ3n) is 5.57. The Morgan fingerprint density at radius 1 is 1.09 bits per heavy atom. The highest BCUT2D eigenvalue weighted by Crippen LogP contribution is 2.24. The van der Waals surface area contributed by atoms with E-state index < -0.39 is 0 Å². The van der Waals surface area contributed by atoms with Crippen molar-refractivity contribution in [3.63, 3.8) is 0 Å². The van der Waals surface area contributed by atoms with Gasteiger partial charge in [-0.3, -0.25) is 4.90 Å². The topological polar surface area (TPSA) is 15.3 Å². The normalized spacial score (nSPS) is 24.0. The first kappa shape index (κ1) is 16.0. The minimum absolute atomic E-state index is 0.708. The SMILES string of the molecule is Cc1ccc(CN2CCCC(NCC3CCCC3)C2)c(C)c1. The van der Waals surface area contributed by atoms with Crippen LogP contribution in [-0.2, 0) is 6.54 Å². The third-order valence-corrected chi connectivity index (χ3v) is 5.57. The second-order valence-corrected chi connectivity index (χ2v) is 7.56. The van der Waals surface area contributed by atoms with Gasteiger partial charge < -0.3 is 5.32 Å². The standard InChI is InChI=1S/C20H32N2/c1-16-9-10-19(17(2)12-16)14-22-11-5-8-20(15-22)21-13-18-6-3-4-7-18/h9-10,12,18,20-21H,3-8,11,13-15H2,1-2H3. The van der Waals surface area contributed by atoms with E-state index in [1.165, 1.54) is 74.8 Å². The van der Waals surface area contributed by atoms with Crippen molar-refractivity contribution in [2.45, 2.75) is 65.0 Å². The molecule has 1 saturated heterocycles. The second kappa shape index (κ2) is 7.61. The summed E-state index contributed by atoms with van der Waals surface area (Å²) < 4.78 is 0. The predicted octanol–water partition coefficient (Wildman–Crippen LogP) is 4.05. The lowest BCUT2D eigenvalue weighted by Gasteiger charge is -2.34. The average Bonchev–Trinajstić information content (AvgIpc) is 3.02. The molecule has 1 aromatic rings. The van der Waals surface area contributed by atoms with Gasteiger partial charge in [0.2, 0.25) is 0 Å². The molecule has 1 N–H and O–H groups in total. The van der Waals surface area contributed by atoms with E-state index in [0.717, 1.165) is 12.5 Å². The molecule has 22 heavy (non-hydrogen) atoms. The Bertz CT molecular complexity index is 477. The summed E-state index contributed by atoms with van der Waals surface area (Å²) in [6.07, 6.45) is 8.51. The number of likely N-dealkylation sites (tertiary alicyclic amines) is 1. The fourth-order valence-electron chi connectivity index (χ4n) is 4.18. The number of benzene rings is 1. The van der Waals surface area contributed by atoms with Gasteiger partial charge in [0.25, 0.3) is 0 Å². The minimum atomic E-state index is 0.708. The van der Waals surface area contributed by atoms with Gasteiger partial charge in [-0.1, -0.05) is 36.6 Å². The lowest BCUT2D eigenvalue weighted by atomic mass is 10.0. The van der Waals surface area contributed by atoms with Gasteiger partial charge in [0.15, 0.2) is 0 Å². The van der Waals surface area contributed by atoms with Crippen molar-refractivity contribution >= 4 is 0 Å². The van der Waals surface area contributed by atoms with E-state index in [0.29, 0.717) is 6.04 Å². The molecule has 1 heterocycles. The molecule has 0 bridgehead atoms. The summed E-state index contributed by atoms with van der Waals surface area (Å²) in [7, 11) is 0. The fraction of sp³-hybridized carbons (Fsp3) is 0.700. The van der Waals surface area contributed by atoms with Crippen LogP contribution in [0, 0.1) is 19.8 Å². The number of nitrogens with zero attached hydrogens (tertiary/aromatic N) is 1. The molecule has 1 aliphatic carbocycles. The van der Waals surface area contributed by atoms with E-state index in [-0.39, 0.29) is 0 Å². The first-order valence-corrected chi connectivity index (χ1v) is 9.22. The molecular weight excluding hydrogens is 268 g/mol. The molecule has 2 heteroatoms. The third kappa shape index (κ3) is 4.33. The highest BCUT2D eigenvalue weighted by atomic mass is 15.2. The first-order valence-electron chi connectivity index (χ1n) is 9.22. The summed E-state index contributed by atoms with van der Waals surface area (Å²) in [4.78, 5) is 2.65. The van der Waals surface area contributed by atoms with E-state index in [1.54, 1.807) is 0 Å². The van der Waals surface area contributed by atoms with Crippen molar-refractivity contribution in [3.8, 4) is 0 Å². The summed E-state index contributed by atoms with van der Waals surface area (Å²) in [6.45, 7) is 9.29. The van der Waals surface area contributed by atoms with Crippen LogP contribution >= 0.6 is 0 Å². The van der Waals surface area contributed by atoms with Crippen LogP contribution in [0.3, 0.4) is 0 Å². The van der Waals surface area contributed by atoms with Crippen molar-refractivity contribution in [2.75, 3.05) is 19.6 Å². The smallest absolute Gasteiger partial charge is 0.0237 e. The maximum atomic E-state index is 3.86. The molecule has 0 aromatic heterocycles. The summed E-state index contributed by atoms with van der Waals surface area (Å²) in [6, 6.07) is 7.59. The number of piperidine rings is 1. The molecule has 1 atom stereocenters. The fourth-order valence-corrected chi connectivity index (χ4v) is 4.18. The van der Waals surface area contributed by atoms with Crippen molar-refractivity contribution in [1.29, 1.82) is 0 Å². The number of hydrogen-bond acceptors (Lipinski definition) is 2. The summed E-state index contributed by atoms with van der Waals surface area (Å²) in [5, 5.41) is 3.86. The van der Waals surface area contributed by atoms with E-state index in [4.69, 9.17) is 0 Å². The first-order chi connectivity index (χ1) is 10.7. The summed E-state index contributed by atoms with van der Waals surface area (Å²) in [5.74, 6) is 0.953. The Hall–Kier alpha value is -0.860. The maximum Gasteiger partial charge on any atom is 0.0237 e. The number of hydrogen-bond donors (Lipinski definition) is 1. The molecular formula is C20H32N2. The Balaban J connectivity index is 1.49. The monoisotopic (exact) mass is 300 g/mol. The number of rotatable bonds is 5. The van der Waals surface area contributed by atoms with Crippen LogP contribution in [0.5, 0.6) is 0 Å². The van der Waals surface area contributed by atoms with Gasteiger partial charge in [0, 0.05) is 19.1 Å². The quantitative estimate of drug-likeness (QED) is 0.882. The van der Waals surface area contributed by atoms with Gasteiger partial charge in [-0.05, 0) is 69.7 Å². The van der Waals surface area contributed by atoms with Crippen molar-refractivity contribution in [2.24, 2.45) is 5.92 Å².